The van der Waals surface area contributed by atoms with Crippen LogP contribution in [0.25, 0.3) is 0 Å². The Morgan fingerprint density at radius 2 is 1.88 bits per heavy atom. The number of hydrogen-bond donors (Lipinski definition) is 2. The van der Waals surface area contributed by atoms with Crippen molar-refractivity contribution in [1.82, 2.24) is 15.5 Å². The zero-order chi connectivity index (χ0) is 19.5. The molecule has 1 aliphatic heterocycles. The summed E-state index contributed by atoms with van der Waals surface area (Å²) in [6.45, 7) is 3.22. The number of rotatable bonds is 6. The Morgan fingerprint density at radius 3 is 2.42 bits per heavy atom. The lowest BCUT2D eigenvalue weighted by Crippen LogP contribution is -2.69. The van der Waals surface area contributed by atoms with Gasteiger partial charge < -0.3 is 5.32 Å². The van der Waals surface area contributed by atoms with Gasteiger partial charge in [-0.2, -0.15) is 13.2 Å². The number of imide groups is 1. The van der Waals surface area contributed by atoms with Crippen molar-refractivity contribution in [1.29, 1.82) is 0 Å². The van der Waals surface area contributed by atoms with E-state index in [1.54, 1.807) is 47.9 Å². The minimum atomic E-state index is -5.19. The summed E-state index contributed by atoms with van der Waals surface area (Å²) in [4.78, 5) is 37.2. The molecule has 2 rings (SSSR count). The molecule has 0 aliphatic carbocycles. The SMILES string of the molecule is CCCCC(=O)NC1(C(F)(F)F)NC(=O)N(C(C)c2ccccc2)C1=O. The van der Waals surface area contributed by atoms with Gasteiger partial charge in [0.15, 0.2) is 0 Å². The Bertz CT molecular complexity index is 693. The number of unbranched alkanes of at least 4 members (excludes halogenated alkanes) is 1. The molecule has 1 fully saturated rings. The first-order chi connectivity index (χ1) is 12.1. The average Bonchev–Trinajstić information content (AvgIpc) is 2.84. The fraction of sp³-hybridized carbons (Fsp3) is 0.471. The summed E-state index contributed by atoms with van der Waals surface area (Å²) < 4.78 is 41.1. The van der Waals surface area contributed by atoms with Gasteiger partial charge in [0.2, 0.25) is 5.91 Å². The molecule has 2 unspecified atom stereocenters. The lowest BCUT2D eigenvalue weighted by molar-refractivity contribution is -0.204. The number of amides is 4. The Morgan fingerprint density at radius 1 is 1.27 bits per heavy atom. The monoisotopic (exact) mass is 371 g/mol. The van der Waals surface area contributed by atoms with Crippen molar-refractivity contribution in [2.45, 2.75) is 51.0 Å². The molecule has 0 aromatic heterocycles. The van der Waals surface area contributed by atoms with E-state index in [9.17, 15) is 27.6 Å². The van der Waals surface area contributed by atoms with E-state index in [1.807, 2.05) is 0 Å². The predicted molar refractivity (Wildman–Crippen MR) is 86.7 cm³/mol. The van der Waals surface area contributed by atoms with E-state index in [2.05, 4.69) is 0 Å². The number of halogens is 3. The van der Waals surface area contributed by atoms with Gasteiger partial charge in [-0.15, -0.1) is 0 Å². The highest BCUT2D eigenvalue weighted by Gasteiger charge is 2.69. The fourth-order valence-corrected chi connectivity index (χ4v) is 2.74. The number of carbonyl (C=O) groups excluding carboxylic acids is 3. The van der Waals surface area contributed by atoms with Crippen LogP contribution >= 0.6 is 0 Å². The Hall–Kier alpha value is -2.58. The first kappa shape index (κ1) is 19.7. The van der Waals surface area contributed by atoms with Crippen LogP contribution < -0.4 is 10.6 Å². The van der Waals surface area contributed by atoms with E-state index in [0.29, 0.717) is 23.3 Å². The molecule has 0 bridgehead atoms. The number of benzene rings is 1. The second kappa shape index (κ2) is 7.35. The normalized spacial score (nSPS) is 21.5. The van der Waals surface area contributed by atoms with Crippen LogP contribution in [0.4, 0.5) is 18.0 Å². The van der Waals surface area contributed by atoms with Crippen molar-refractivity contribution in [3.8, 4) is 0 Å². The molecular weight excluding hydrogens is 351 g/mol. The van der Waals surface area contributed by atoms with E-state index in [4.69, 9.17) is 0 Å². The summed E-state index contributed by atoms with van der Waals surface area (Å²) in [5.74, 6) is -2.50. The van der Waals surface area contributed by atoms with Crippen LogP contribution in [0.15, 0.2) is 30.3 Å². The molecule has 1 saturated heterocycles. The van der Waals surface area contributed by atoms with Crippen LogP contribution in [0.3, 0.4) is 0 Å². The number of nitrogens with zero attached hydrogens (tertiary/aromatic N) is 1. The standard InChI is InChI=1S/C17H20F3N3O3/c1-3-4-10-13(24)21-16(17(18,19)20)14(25)23(15(26)22-16)11(2)12-8-6-5-7-9-12/h5-9,11H,3-4,10H2,1-2H3,(H,21,24)(H,22,26). The Balaban J connectivity index is 2.35. The molecule has 0 radical (unpaired) electrons. The zero-order valence-corrected chi connectivity index (χ0v) is 14.4. The highest BCUT2D eigenvalue weighted by molar-refractivity contribution is 6.09. The third kappa shape index (κ3) is 3.51. The van der Waals surface area contributed by atoms with Crippen LogP contribution in [-0.4, -0.2) is 34.6 Å². The van der Waals surface area contributed by atoms with Gasteiger partial charge in [0.1, 0.15) is 0 Å². The van der Waals surface area contributed by atoms with Gasteiger partial charge in [-0.1, -0.05) is 43.7 Å². The van der Waals surface area contributed by atoms with Crippen molar-refractivity contribution in [3.05, 3.63) is 35.9 Å². The smallest absolute Gasteiger partial charge is 0.318 e. The van der Waals surface area contributed by atoms with Gasteiger partial charge in [-0.3, -0.25) is 19.8 Å². The quantitative estimate of drug-likeness (QED) is 0.755. The highest BCUT2D eigenvalue weighted by Crippen LogP contribution is 2.37. The van der Waals surface area contributed by atoms with Crippen molar-refractivity contribution in [2.24, 2.45) is 0 Å². The molecule has 2 atom stereocenters. The minimum absolute atomic E-state index is 0.175. The molecule has 1 aromatic rings. The lowest BCUT2D eigenvalue weighted by Gasteiger charge is -2.30. The van der Waals surface area contributed by atoms with Gasteiger partial charge in [0, 0.05) is 6.42 Å². The summed E-state index contributed by atoms with van der Waals surface area (Å²) in [7, 11) is 0. The minimum Gasteiger partial charge on any atom is -0.318 e. The summed E-state index contributed by atoms with van der Waals surface area (Å²) in [5, 5.41) is 3.34. The Kier molecular flexibility index (Phi) is 5.58. The van der Waals surface area contributed by atoms with Crippen molar-refractivity contribution in [3.63, 3.8) is 0 Å². The molecule has 4 amide bonds. The molecule has 1 aliphatic rings. The molecule has 26 heavy (non-hydrogen) atoms. The second-order valence-electron chi connectivity index (χ2n) is 6.09. The van der Waals surface area contributed by atoms with E-state index < -0.39 is 35.7 Å². The lowest BCUT2D eigenvalue weighted by atomic mass is 10.1. The van der Waals surface area contributed by atoms with Crippen LogP contribution in [0, 0.1) is 0 Å². The fourth-order valence-electron chi connectivity index (χ4n) is 2.74. The molecular formula is C17H20F3N3O3. The van der Waals surface area contributed by atoms with Crippen LogP contribution in [0.2, 0.25) is 0 Å². The molecule has 9 heteroatoms. The summed E-state index contributed by atoms with van der Waals surface area (Å²) in [6.07, 6.45) is -4.39. The molecule has 2 N–H and O–H groups in total. The number of carbonyl (C=O) groups is 3. The average molecular weight is 371 g/mol. The van der Waals surface area contributed by atoms with Crippen molar-refractivity contribution < 1.29 is 27.6 Å². The Labute approximate surface area is 148 Å². The second-order valence-corrected chi connectivity index (χ2v) is 6.09. The number of hydrogen-bond acceptors (Lipinski definition) is 3. The maximum Gasteiger partial charge on any atom is 0.440 e. The molecule has 0 spiro atoms. The zero-order valence-electron chi connectivity index (χ0n) is 14.4. The number of urea groups is 1. The van der Waals surface area contributed by atoms with Gasteiger partial charge in [-0.05, 0) is 18.9 Å². The van der Waals surface area contributed by atoms with Crippen LogP contribution in [0.5, 0.6) is 0 Å². The van der Waals surface area contributed by atoms with E-state index in [-0.39, 0.29) is 6.42 Å². The van der Waals surface area contributed by atoms with Crippen molar-refractivity contribution >= 4 is 17.8 Å². The van der Waals surface area contributed by atoms with E-state index >= 15 is 0 Å². The van der Waals surface area contributed by atoms with Gasteiger partial charge in [-0.25, -0.2) is 4.79 Å². The third-order valence-electron chi connectivity index (χ3n) is 4.23. The van der Waals surface area contributed by atoms with Gasteiger partial charge in [0.05, 0.1) is 6.04 Å². The highest BCUT2D eigenvalue weighted by atomic mass is 19.4. The molecule has 1 aromatic carbocycles. The van der Waals surface area contributed by atoms with Crippen molar-refractivity contribution in [2.75, 3.05) is 0 Å². The summed E-state index contributed by atoms with van der Waals surface area (Å²) in [6, 6.07) is 6.05. The van der Waals surface area contributed by atoms with Gasteiger partial charge >= 0.3 is 12.2 Å². The molecule has 1 heterocycles. The van der Waals surface area contributed by atoms with Crippen LogP contribution in [-0.2, 0) is 9.59 Å². The first-order valence-electron chi connectivity index (χ1n) is 8.22. The maximum absolute atomic E-state index is 13.7. The topological polar surface area (TPSA) is 78.5 Å². The predicted octanol–water partition coefficient (Wildman–Crippen LogP) is 2.86. The van der Waals surface area contributed by atoms with Crippen LogP contribution in [0.1, 0.15) is 44.7 Å². The van der Waals surface area contributed by atoms with Gasteiger partial charge in [0.25, 0.3) is 11.6 Å². The maximum atomic E-state index is 13.7. The van der Waals surface area contributed by atoms with E-state index in [1.165, 1.54) is 6.92 Å². The molecule has 142 valence electrons. The largest absolute Gasteiger partial charge is 0.440 e. The summed E-state index contributed by atoms with van der Waals surface area (Å²) in [5.41, 5.74) is -2.95. The van der Waals surface area contributed by atoms with E-state index in [0.717, 1.165) is 0 Å². The first-order valence-corrected chi connectivity index (χ1v) is 8.22. The number of alkyl halides is 3. The molecule has 0 saturated carbocycles. The summed E-state index contributed by atoms with van der Waals surface area (Å²) >= 11 is 0. The third-order valence-corrected chi connectivity index (χ3v) is 4.23. The number of nitrogens with one attached hydrogen (secondary N) is 2. The molecule has 6 nitrogen and oxygen atoms in total.